The summed E-state index contributed by atoms with van der Waals surface area (Å²) in [5.74, 6) is -0.457. The predicted octanol–water partition coefficient (Wildman–Crippen LogP) is 4.73. The van der Waals surface area contributed by atoms with Crippen LogP contribution < -0.4 is 9.73 Å². The van der Waals surface area contributed by atoms with Crippen molar-refractivity contribution in [2.75, 3.05) is 10.8 Å². The standard InChI is InChI=1S/C28H22N4O3S/c33-28(20-32(27-16-8-9-17-29-27)36(34,35)23-12-2-1-3-13-23)31-30-19-26-24-14-6-4-10-21(24)18-22-11-5-7-15-25(22)26/h1-19H,20H2,(H,31,33)/b30-19-. The average Bonchev–Trinajstić information content (AvgIpc) is 2.92. The largest absolute Gasteiger partial charge is 0.271 e. The zero-order chi connectivity index (χ0) is 25.0. The number of nitrogens with zero attached hydrogens (tertiary/aromatic N) is 3. The van der Waals surface area contributed by atoms with E-state index in [0.29, 0.717) is 0 Å². The van der Waals surface area contributed by atoms with Gasteiger partial charge in [0, 0.05) is 11.8 Å². The summed E-state index contributed by atoms with van der Waals surface area (Å²) in [6.45, 7) is -0.484. The Morgan fingerprint density at radius 2 is 1.44 bits per heavy atom. The molecule has 0 bridgehead atoms. The van der Waals surface area contributed by atoms with E-state index in [9.17, 15) is 13.2 Å². The van der Waals surface area contributed by atoms with Gasteiger partial charge in [0.2, 0.25) is 0 Å². The Morgan fingerprint density at radius 1 is 0.833 bits per heavy atom. The maximum absolute atomic E-state index is 13.3. The van der Waals surface area contributed by atoms with Crippen LogP contribution in [0, 0.1) is 0 Å². The van der Waals surface area contributed by atoms with Gasteiger partial charge in [0.15, 0.2) is 0 Å². The van der Waals surface area contributed by atoms with Crippen LogP contribution in [0.3, 0.4) is 0 Å². The highest BCUT2D eigenvalue weighted by Gasteiger charge is 2.27. The second-order valence-electron chi connectivity index (χ2n) is 8.04. The van der Waals surface area contributed by atoms with Gasteiger partial charge in [-0.05, 0) is 51.9 Å². The van der Waals surface area contributed by atoms with Gasteiger partial charge in [-0.2, -0.15) is 5.10 Å². The molecule has 0 saturated carbocycles. The summed E-state index contributed by atoms with van der Waals surface area (Å²) in [6, 6.07) is 30.8. The van der Waals surface area contributed by atoms with Crippen molar-refractivity contribution in [1.29, 1.82) is 0 Å². The lowest BCUT2D eigenvalue weighted by atomic mass is 9.97. The van der Waals surface area contributed by atoms with Crippen molar-refractivity contribution < 1.29 is 13.2 Å². The number of pyridine rings is 1. The second-order valence-corrected chi connectivity index (χ2v) is 9.90. The smallest absolute Gasteiger partial charge is 0.265 e. The molecular weight excluding hydrogens is 472 g/mol. The van der Waals surface area contributed by atoms with Crippen molar-refractivity contribution in [3.05, 3.63) is 115 Å². The van der Waals surface area contributed by atoms with Crippen molar-refractivity contribution in [3.8, 4) is 0 Å². The van der Waals surface area contributed by atoms with Crippen LogP contribution in [0.15, 0.2) is 119 Å². The predicted molar refractivity (Wildman–Crippen MR) is 142 cm³/mol. The first kappa shape index (κ1) is 23.2. The Balaban J connectivity index is 1.43. The number of sulfonamides is 1. The highest BCUT2D eigenvalue weighted by molar-refractivity contribution is 7.92. The van der Waals surface area contributed by atoms with E-state index in [1.54, 1.807) is 42.6 Å². The van der Waals surface area contributed by atoms with Crippen molar-refractivity contribution in [2.45, 2.75) is 4.90 Å². The Labute approximate surface area is 208 Å². The number of fused-ring (bicyclic) bond motifs is 2. The molecule has 1 amide bonds. The quantitative estimate of drug-likeness (QED) is 0.201. The zero-order valence-electron chi connectivity index (χ0n) is 19.2. The highest BCUT2D eigenvalue weighted by Crippen LogP contribution is 2.27. The zero-order valence-corrected chi connectivity index (χ0v) is 20.0. The minimum absolute atomic E-state index is 0.0641. The molecule has 36 heavy (non-hydrogen) atoms. The summed E-state index contributed by atoms with van der Waals surface area (Å²) in [4.78, 5) is 17.1. The van der Waals surface area contributed by atoms with Gasteiger partial charge >= 0.3 is 0 Å². The summed E-state index contributed by atoms with van der Waals surface area (Å²) in [5, 5.41) is 8.28. The highest BCUT2D eigenvalue weighted by atomic mass is 32.2. The SMILES string of the molecule is O=C(CN(c1ccccn1)S(=O)(=O)c1ccccc1)N/N=C\c1c2ccccc2cc2ccccc12. The van der Waals surface area contributed by atoms with E-state index in [-0.39, 0.29) is 10.7 Å². The van der Waals surface area contributed by atoms with Crippen molar-refractivity contribution in [3.63, 3.8) is 0 Å². The molecule has 178 valence electrons. The van der Waals surface area contributed by atoms with Gasteiger partial charge in [-0.25, -0.2) is 23.1 Å². The minimum atomic E-state index is -4.03. The van der Waals surface area contributed by atoms with E-state index in [0.717, 1.165) is 31.4 Å². The maximum Gasteiger partial charge on any atom is 0.265 e. The van der Waals surface area contributed by atoms with Gasteiger partial charge in [-0.3, -0.25) is 4.79 Å². The van der Waals surface area contributed by atoms with Gasteiger partial charge in [-0.1, -0.05) is 72.8 Å². The Morgan fingerprint density at radius 3 is 2.08 bits per heavy atom. The topological polar surface area (TPSA) is 91.7 Å². The second kappa shape index (κ2) is 9.97. The molecular formula is C28H22N4O3S. The van der Waals surface area contributed by atoms with Gasteiger partial charge in [0.25, 0.3) is 15.9 Å². The molecule has 0 fully saturated rings. The van der Waals surface area contributed by atoms with E-state index in [1.165, 1.54) is 18.3 Å². The van der Waals surface area contributed by atoms with E-state index in [1.807, 2.05) is 48.5 Å². The molecule has 0 unspecified atom stereocenters. The van der Waals surface area contributed by atoms with Crippen molar-refractivity contribution >= 4 is 49.5 Å². The average molecular weight is 495 g/mol. The molecule has 4 aromatic carbocycles. The van der Waals surface area contributed by atoms with Crippen LogP contribution in [0.25, 0.3) is 21.5 Å². The summed E-state index contributed by atoms with van der Waals surface area (Å²) in [5.41, 5.74) is 3.34. The number of hydrogen-bond acceptors (Lipinski definition) is 5. The molecule has 0 aliphatic rings. The first-order valence-electron chi connectivity index (χ1n) is 11.3. The van der Waals surface area contributed by atoms with E-state index in [2.05, 4.69) is 21.6 Å². The molecule has 5 rings (SSSR count). The number of amides is 1. The number of rotatable bonds is 7. The third kappa shape index (κ3) is 4.67. The molecule has 1 aromatic heterocycles. The van der Waals surface area contributed by atoms with Gasteiger partial charge in [0.1, 0.15) is 12.4 Å². The molecule has 0 aliphatic heterocycles. The number of carbonyl (C=O) groups is 1. The van der Waals surface area contributed by atoms with Crippen LogP contribution in [0.2, 0.25) is 0 Å². The molecule has 0 spiro atoms. The first-order chi connectivity index (χ1) is 17.5. The summed E-state index contributed by atoms with van der Waals surface area (Å²) >= 11 is 0. The fourth-order valence-corrected chi connectivity index (χ4v) is 5.43. The number of hydrogen-bond donors (Lipinski definition) is 1. The molecule has 0 saturated heterocycles. The lowest BCUT2D eigenvalue weighted by molar-refractivity contribution is -0.119. The minimum Gasteiger partial charge on any atom is -0.271 e. The molecule has 0 atom stereocenters. The summed E-state index contributed by atoms with van der Waals surface area (Å²) in [7, 11) is -4.03. The summed E-state index contributed by atoms with van der Waals surface area (Å²) in [6.07, 6.45) is 3.07. The lowest BCUT2D eigenvalue weighted by Crippen LogP contribution is -2.40. The molecule has 0 radical (unpaired) electrons. The first-order valence-corrected chi connectivity index (χ1v) is 12.7. The Hall–Kier alpha value is -4.56. The number of hydrazone groups is 1. The van der Waals surface area contributed by atoms with Crippen LogP contribution in [0.1, 0.15) is 5.56 Å². The molecule has 1 heterocycles. The summed E-state index contributed by atoms with van der Waals surface area (Å²) < 4.78 is 27.6. The normalized spacial score (nSPS) is 11.7. The Bertz CT molecular complexity index is 1620. The fraction of sp³-hybridized carbons (Fsp3) is 0.0357. The van der Waals surface area contributed by atoms with E-state index < -0.39 is 22.5 Å². The third-order valence-electron chi connectivity index (χ3n) is 5.72. The number of benzene rings is 4. The van der Waals surface area contributed by atoms with Crippen LogP contribution in [-0.4, -0.2) is 32.1 Å². The monoisotopic (exact) mass is 494 g/mol. The molecule has 5 aromatic rings. The number of aromatic nitrogens is 1. The van der Waals surface area contributed by atoms with Crippen molar-refractivity contribution in [2.24, 2.45) is 5.10 Å². The van der Waals surface area contributed by atoms with Crippen LogP contribution in [-0.2, 0) is 14.8 Å². The molecule has 7 nitrogen and oxygen atoms in total. The van der Waals surface area contributed by atoms with Gasteiger partial charge < -0.3 is 0 Å². The van der Waals surface area contributed by atoms with Crippen LogP contribution >= 0.6 is 0 Å². The molecule has 8 heteroatoms. The molecule has 0 aliphatic carbocycles. The van der Waals surface area contributed by atoms with E-state index in [4.69, 9.17) is 0 Å². The van der Waals surface area contributed by atoms with Crippen LogP contribution in [0.5, 0.6) is 0 Å². The Kier molecular flexibility index (Phi) is 6.42. The fourth-order valence-electron chi connectivity index (χ4n) is 4.03. The number of carbonyl (C=O) groups excluding carboxylic acids is 1. The number of anilines is 1. The van der Waals surface area contributed by atoms with Gasteiger partial charge in [-0.15, -0.1) is 0 Å². The lowest BCUT2D eigenvalue weighted by Gasteiger charge is -2.22. The van der Waals surface area contributed by atoms with Gasteiger partial charge in [0.05, 0.1) is 11.1 Å². The number of nitrogens with one attached hydrogen (secondary N) is 1. The van der Waals surface area contributed by atoms with E-state index >= 15 is 0 Å². The van der Waals surface area contributed by atoms with Crippen molar-refractivity contribution in [1.82, 2.24) is 10.4 Å². The van der Waals surface area contributed by atoms with Crippen LogP contribution in [0.4, 0.5) is 5.82 Å². The molecule has 1 N–H and O–H groups in total. The third-order valence-corrected chi connectivity index (χ3v) is 7.48. The maximum atomic E-state index is 13.3.